The van der Waals surface area contributed by atoms with Gasteiger partial charge in [-0.2, -0.15) is 5.10 Å². The number of benzene rings is 1. The van der Waals surface area contributed by atoms with Crippen LogP contribution in [0.5, 0.6) is 0 Å². The quantitative estimate of drug-likeness (QED) is 0.463. The molecule has 7 heteroatoms. The topological polar surface area (TPSA) is 73.0 Å². The highest BCUT2D eigenvalue weighted by molar-refractivity contribution is 6.34. The molecule has 0 radical (unpaired) electrons. The summed E-state index contributed by atoms with van der Waals surface area (Å²) >= 11 is 6.38. The Morgan fingerprint density at radius 3 is 2.69 bits per heavy atom. The third-order valence-corrected chi connectivity index (χ3v) is 5.04. The Morgan fingerprint density at radius 2 is 2.03 bits per heavy atom. The van der Waals surface area contributed by atoms with Crippen LogP contribution in [-0.2, 0) is 0 Å². The third-order valence-electron chi connectivity index (χ3n) is 4.74. The molecule has 3 aromatic heterocycles. The fourth-order valence-corrected chi connectivity index (χ4v) is 3.76. The van der Waals surface area contributed by atoms with Crippen molar-refractivity contribution in [2.45, 2.75) is 33.7 Å². The summed E-state index contributed by atoms with van der Waals surface area (Å²) in [6.45, 7) is 7.92. The van der Waals surface area contributed by atoms with E-state index in [1.165, 1.54) is 0 Å². The molecule has 0 atom stereocenters. The van der Waals surface area contributed by atoms with Crippen molar-refractivity contribution in [3.8, 4) is 11.5 Å². The molecule has 4 rings (SSSR count). The minimum Gasteiger partial charge on any atom is -0.463 e. The molecule has 1 N–H and O–H groups in total. The number of amides is 1. The Labute approximate surface area is 173 Å². The number of hydrogen-bond acceptors (Lipinski definition) is 4. The fourth-order valence-electron chi connectivity index (χ4n) is 3.39. The van der Waals surface area contributed by atoms with Gasteiger partial charge in [-0.1, -0.05) is 17.7 Å². The molecule has 148 valence electrons. The lowest BCUT2D eigenvalue weighted by molar-refractivity contribution is 0.102. The SMILES string of the molecule is Cc1cc(C)c(NC(=O)c2cc(-c3ccco3)nc3c2cnn3C(C)C)c(Cl)c1. The first-order valence-electron chi connectivity index (χ1n) is 9.35. The maximum atomic E-state index is 13.3. The number of carbonyl (C=O) groups is 1. The number of anilines is 1. The van der Waals surface area contributed by atoms with Crippen LogP contribution >= 0.6 is 11.6 Å². The molecule has 0 bridgehead atoms. The van der Waals surface area contributed by atoms with E-state index in [1.807, 2.05) is 45.9 Å². The molecule has 0 aliphatic carbocycles. The summed E-state index contributed by atoms with van der Waals surface area (Å²) in [7, 11) is 0. The number of fused-ring (bicyclic) bond motifs is 1. The number of nitrogens with zero attached hydrogens (tertiary/aromatic N) is 3. The maximum absolute atomic E-state index is 13.3. The van der Waals surface area contributed by atoms with Gasteiger partial charge in [-0.15, -0.1) is 0 Å². The van der Waals surface area contributed by atoms with Gasteiger partial charge in [0.05, 0.1) is 34.1 Å². The van der Waals surface area contributed by atoms with Crippen molar-refractivity contribution < 1.29 is 9.21 Å². The molecule has 0 fully saturated rings. The van der Waals surface area contributed by atoms with Crippen LogP contribution in [0.3, 0.4) is 0 Å². The predicted molar refractivity (Wildman–Crippen MR) is 114 cm³/mol. The highest BCUT2D eigenvalue weighted by Gasteiger charge is 2.20. The van der Waals surface area contributed by atoms with Crippen LogP contribution in [0.15, 0.2) is 47.2 Å². The fraction of sp³-hybridized carbons (Fsp3) is 0.227. The van der Waals surface area contributed by atoms with Crippen LogP contribution in [0.4, 0.5) is 5.69 Å². The average Bonchev–Trinajstić information content (AvgIpc) is 3.33. The molecule has 0 saturated carbocycles. The van der Waals surface area contributed by atoms with E-state index >= 15 is 0 Å². The second-order valence-corrected chi connectivity index (χ2v) is 7.75. The first-order valence-corrected chi connectivity index (χ1v) is 9.73. The molecular formula is C22H21ClN4O2. The molecule has 0 unspecified atom stereocenters. The largest absolute Gasteiger partial charge is 0.463 e. The zero-order valence-corrected chi connectivity index (χ0v) is 17.4. The molecule has 0 spiro atoms. The Hall–Kier alpha value is -3.12. The predicted octanol–water partition coefficient (Wildman–Crippen LogP) is 5.79. The summed E-state index contributed by atoms with van der Waals surface area (Å²) in [5, 5.41) is 8.57. The summed E-state index contributed by atoms with van der Waals surface area (Å²) in [4.78, 5) is 17.9. The summed E-state index contributed by atoms with van der Waals surface area (Å²) in [6, 6.07) is 9.23. The molecule has 1 amide bonds. The number of carbonyl (C=O) groups excluding carboxylic acids is 1. The number of rotatable bonds is 4. The van der Waals surface area contributed by atoms with Gasteiger partial charge in [0.15, 0.2) is 11.4 Å². The van der Waals surface area contributed by atoms with Crippen molar-refractivity contribution in [1.29, 1.82) is 0 Å². The van der Waals surface area contributed by atoms with Gasteiger partial charge in [-0.25, -0.2) is 9.67 Å². The van der Waals surface area contributed by atoms with Gasteiger partial charge >= 0.3 is 0 Å². The van der Waals surface area contributed by atoms with Crippen LogP contribution in [0.2, 0.25) is 5.02 Å². The zero-order valence-electron chi connectivity index (χ0n) is 16.7. The van der Waals surface area contributed by atoms with E-state index in [1.54, 1.807) is 29.3 Å². The van der Waals surface area contributed by atoms with Gasteiger partial charge in [0.2, 0.25) is 0 Å². The standard InChI is InChI=1S/C22H21ClN4O2/c1-12(2)27-21-16(11-24-27)15(10-18(25-21)19-6-5-7-29-19)22(28)26-20-14(4)8-13(3)9-17(20)23/h5-12H,1-4H3,(H,26,28). The lowest BCUT2D eigenvalue weighted by Gasteiger charge is -2.13. The number of furan rings is 1. The second-order valence-electron chi connectivity index (χ2n) is 7.35. The molecule has 29 heavy (non-hydrogen) atoms. The first-order chi connectivity index (χ1) is 13.8. The normalized spacial score (nSPS) is 11.4. The monoisotopic (exact) mass is 408 g/mol. The van der Waals surface area contributed by atoms with Gasteiger partial charge in [0.25, 0.3) is 5.91 Å². The molecule has 0 aliphatic rings. The van der Waals surface area contributed by atoms with Crippen molar-refractivity contribution in [2.24, 2.45) is 0 Å². The molecule has 4 aromatic rings. The number of hydrogen-bond donors (Lipinski definition) is 1. The van der Waals surface area contributed by atoms with Gasteiger partial charge in [0.1, 0.15) is 5.69 Å². The maximum Gasteiger partial charge on any atom is 0.256 e. The van der Waals surface area contributed by atoms with E-state index in [4.69, 9.17) is 21.0 Å². The second kappa shape index (κ2) is 7.37. The summed E-state index contributed by atoms with van der Waals surface area (Å²) in [5.74, 6) is 0.310. The number of pyridine rings is 1. The molecular weight excluding hydrogens is 388 g/mol. The van der Waals surface area contributed by atoms with Crippen molar-refractivity contribution >= 4 is 34.2 Å². The smallest absolute Gasteiger partial charge is 0.256 e. The van der Waals surface area contributed by atoms with Crippen LogP contribution in [0, 0.1) is 13.8 Å². The highest BCUT2D eigenvalue weighted by Crippen LogP contribution is 2.30. The van der Waals surface area contributed by atoms with Crippen molar-refractivity contribution in [1.82, 2.24) is 14.8 Å². The number of aryl methyl sites for hydroxylation is 2. The summed E-state index contributed by atoms with van der Waals surface area (Å²) in [6.07, 6.45) is 3.25. The minimum absolute atomic E-state index is 0.0940. The van der Waals surface area contributed by atoms with E-state index in [0.717, 1.165) is 11.1 Å². The van der Waals surface area contributed by atoms with E-state index in [-0.39, 0.29) is 11.9 Å². The first kappa shape index (κ1) is 19.2. The molecule has 0 saturated heterocycles. The molecule has 6 nitrogen and oxygen atoms in total. The Balaban J connectivity index is 1.85. The van der Waals surface area contributed by atoms with Gasteiger partial charge in [0, 0.05) is 6.04 Å². The van der Waals surface area contributed by atoms with Gasteiger partial charge in [-0.05, 0) is 63.1 Å². The number of halogens is 1. The average molecular weight is 409 g/mol. The minimum atomic E-state index is -0.276. The van der Waals surface area contributed by atoms with Crippen LogP contribution in [-0.4, -0.2) is 20.7 Å². The van der Waals surface area contributed by atoms with E-state index in [0.29, 0.717) is 38.8 Å². The Bertz CT molecular complexity index is 1190. The zero-order chi connectivity index (χ0) is 20.7. The third kappa shape index (κ3) is 3.51. The number of nitrogens with one attached hydrogen (secondary N) is 1. The highest BCUT2D eigenvalue weighted by atomic mass is 35.5. The van der Waals surface area contributed by atoms with Gasteiger partial charge < -0.3 is 9.73 Å². The Morgan fingerprint density at radius 1 is 1.24 bits per heavy atom. The Kier molecular flexibility index (Phi) is 4.88. The summed E-state index contributed by atoms with van der Waals surface area (Å²) < 4.78 is 7.30. The lowest BCUT2D eigenvalue weighted by Crippen LogP contribution is -2.14. The van der Waals surface area contributed by atoms with Crippen molar-refractivity contribution in [3.05, 3.63) is 64.5 Å². The summed E-state index contributed by atoms with van der Waals surface area (Å²) in [5.41, 5.74) is 4.20. The molecule has 0 aliphatic heterocycles. The van der Waals surface area contributed by atoms with Gasteiger partial charge in [-0.3, -0.25) is 4.79 Å². The van der Waals surface area contributed by atoms with E-state index < -0.39 is 0 Å². The van der Waals surface area contributed by atoms with Crippen LogP contribution < -0.4 is 5.32 Å². The molecule has 1 aromatic carbocycles. The van der Waals surface area contributed by atoms with Crippen molar-refractivity contribution in [3.63, 3.8) is 0 Å². The van der Waals surface area contributed by atoms with Crippen LogP contribution in [0.1, 0.15) is 41.4 Å². The van der Waals surface area contributed by atoms with Crippen LogP contribution in [0.25, 0.3) is 22.5 Å². The lowest BCUT2D eigenvalue weighted by atomic mass is 10.1. The van der Waals surface area contributed by atoms with E-state index in [2.05, 4.69) is 10.4 Å². The molecule has 3 heterocycles. The van der Waals surface area contributed by atoms with Crippen molar-refractivity contribution in [2.75, 3.05) is 5.32 Å². The van der Waals surface area contributed by atoms with E-state index in [9.17, 15) is 4.79 Å². The number of aromatic nitrogens is 3.